The molecule has 0 spiro atoms. The van der Waals surface area contributed by atoms with Crippen molar-refractivity contribution in [3.63, 3.8) is 0 Å². The van der Waals surface area contributed by atoms with Crippen LogP contribution in [-0.2, 0) is 54.9 Å². The van der Waals surface area contributed by atoms with E-state index in [0.717, 1.165) is 33.4 Å². The third-order valence-corrected chi connectivity index (χ3v) is 8.53. The van der Waals surface area contributed by atoms with Crippen LogP contribution in [0, 0.1) is 13.8 Å². The van der Waals surface area contributed by atoms with Crippen molar-refractivity contribution in [1.29, 1.82) is 0 Å². The summed E-state index contributed by atoms with van der Waals surface area (Å²) in [6.07, 6.45) is -4.12. The molecule has 264 valence electrons. The molecule has 5 aromatic carbocycles. The van der Waals surface area contributed by atoms with Gasteiger partial charge in [-0.3, -0.25) is 9.59 Å². The van der Waals surface area contributed by atoms with Crippen molar-refractivity contribution in [2.24, 2.45) is 0 Å². The van der Waals surface area contributed by atoms with Crippen molar-refractivity contribution >= 4 is 11.8 Å². The Morgan fingerprint density at radius 1 is 0.510 bits per heavy atom. The Hall–Kier alpha value is -4.92. The lowest BCUT2D eigenvalue weighted by molar-refractivity contribution is -0.194. The SMILES string of the molecule is CC(=O)O[C@H](COCc1ccccc1)[C@@H](OCc1ccccc1)[C@H](OCc1ccccc1)[C@@H](OCc1ccccc1)C(=O)c1c(C)cccc1C. The molecule has 0 amide bonds. The molecule has 0 N–H and O–H groups in total. The molecule has 0 aliphatic carbocycles. The van der Waals surface area contributed by atoms with E-state index in [4.69, 9.17) is 23.7 Å². The van der Waals surface area contributed by atoms with Crippen molar-refractivity contribution < 1.29 is 33.3 Å². The molecule has 7 heteroatoms. The van der Waals surface area contributed by atoms with Gasteiger partial charge in [0, 0.05) is 12.5 Å². The average molecular weight is 687 g/mol. The Morgan fingerprint density at radius 3 is 1.37 bits per heavy atom. The molecule has 0 heterocycles. The molecule has 0 aromatic heterocycles. The van der Waals surface area contributed by atoms with Crippen LogP contribution in [0.3, 0.4) is 0 Å². The van der Waals surface area contributed by atoms with E-state index in [1.807, 2.05) is 153 Å². The van der Waals surface area contributed by atoms with Gasteiger partial charge in [0.1, 0.15) is 18.3 Å². The quantitative estimate of drug-likeness (QED) is 0.0638. The van der Waals surface area contributed by atoms with Gasteiger partial charge in [-0.05, 0) is 47.2 Å². The van der Waals surface area contributed by atoms with Gasteiger partial charge in [0.05, 0.1) is 33.0 Å². The summed E-state index contributed by atoms with van der Waals surface area (Å²) in [5, 5.41) is 0. The molecular formula is C44H46O7. The van der Waals surface area contributed by atoms with Crippen molar-refractivity contribution in [1.82, 2.24) is 0 Å². The fraction of sp³-hybridized carbons (Fsp3) is 0.273. The van der Waals surface area contributed by atoms with Crippen LogP contribution in [-0.4, -0.2) is 42.8 Å². The maximum atomic E-state index is 14.9. The maximum absolute atomic E-state index is 14.9. The molecule has 0 saturated carbocycles. The second-order valence-electron chi connectivity index (χ2n) is 12.5. The minimum Gasteiger partial charge on any atom is -0.457 e. The minimum absolute atomic E-state index is 0.0118. The lowest BCUT2D eigenvalue weighted by Crippen LogP contribution is -2.53. The van der Waals surface area contributed by atoms with Gasteiger partial charge < -0.3 is 23.7 Å². The summed E-state index contributed by atoms with van der Waals surface area (Å²) in [6, 6.07) is 44.6. The number of hydrogen-bond donors (Lipinski definition) is 0. The number of Topliss-reactive ketones (excluding diaryl/α,β-unsaturated/α-hetero) is 1. The number of esters is 1. The highest BCUT2D eigenvalue weighted by molar-refractivity contribution is 6.02. The smallest absolute Gasteiger partial charge is 0.303 e. The van der Waals surface area contributed by atoms with Gasteiger partial charge in [-0.1, -0.05) is 140 Å². The molecule has 0 fully saturated rings. The van der Waals surface area contributed by atoms with E-state index in [1.165, 1.54) is 6.92 Å². The highest BCUT2D eigenvalue weighted by atomic mass is 16.6. The molecule has 4 atom stereocenters. The monoisotopic (exact) mass is 686 g/mol. The van der Waals surface area contributed by atoms with Crippen LogP contribution in [0.4, 0.5) is 0 Å². The van der Waals surface area contributed by atoms with Gasteiger partial charge in [-0.25, -0.2) is 0 Å². The number of ketones is 1. The van der Waals surface area contributed by atoms with E-state index >= 15 is 0 Å². The third kappa shape index (κ3) is 11.3. The van der Waals surface area contributed by atoms with Crippen molar-refractivity contribution in [3.05, 3.63) is 178 Å². The van der Waals surface area contributed by atoms with E-state index in [1.54, 1.807) is 0 Å². The number of carbonyl (C=O) groups is 2. The third-order valence-electron chi connectivity index (χ3n) is 8.53. The number of aryl methyl sites for hydroxylation is 2. The number of benzene rings is 5. The first kappa shape index (κ1) is 37.3. The predicted octanol–water partition coefficient (Wildman–Crippen LogP) is 8.39. The van der Waals surface area contributed by atoms with Gasteiger partial charge in [0.15, 0.2) is 11.9 Å². The molecule has 0 saturated heterocycles. The number of rotatable bonds is 19. The number of carbonyl (C=O) groups excluding carboxylic acids is 2. The molecule has 5 rings (SSSR count). The van der Waals surface area contributed by atoms with Crippen LogP contribution in [0.5, 0.6) is 0 Å². The first-order valence-electron chi connectivity index (χ1n) is 17.2. The van der Waals surface area contributed by atoms with E-state index in [-0.39, 0.29) is 38.8 Å². The molecule has 0 unspecified atom stereocenters. The Balaban J connectivity index is 1.58. The van der Waals surface area contributed by atoms with Crippen LogP contribution < -0.4 is 0 Å². The summed E-state index contributed by atoms with van der Waals surface area (Å²) in [5.74, 6) is -0.763. The molecule has 0 radical (unpaired) electrons. The first-order chi connectivity index (χ1) is 24.9. The van der Waals surface area contributed by atoms with Crippen molar-refractivity contribution in [3.8, 4) is 0 Å². The van der Waals surface area contributed by atoms with Crippen LogP contribution >= 0.6 is 0 Å². The zero-order chi connectivity index (χ0) is 35.8. The fourth-order valence-corrected chi connectivity index (χ4v) is 6.00. The van der Waals surface area contributed by atoms with Gasteiger partial charge in [0.25, 0.3) is 0 Å². The molecule has 5 aromatic rings. The molecule has 0 aliphatic rings. The van der Waals surface area contributed by atoms with Crippen molar-refractivity contribution in [2.45, 2.75) is 71.6 Å². The van der Waals surface area contributed by atoms with Crippen LogP contribution in [0.25, 0.3) is 0 Å². The summed E-state index contributed by atoms with van der Waals surface area (Å²) in [5.41, 5.74) is 5.85. The fourth-order valence-electron chi connectivity index (χ4n) is 6.00. The molecule has 0 bridgehead atoms. The Morgan fingerprint density at radius 2 is 0.922 bits per heavy atom. The van der Waals surface area contributed by atoms with Gasteiger partial charge in [-0.2, -0.15) is 0 Å². The molecule has 0 aliphatic heterocycles. The summed E-state index contributed by atoms with van der Waals surface area (Å²) < 4.78 is 32.3. The summed E-state index contributed by atoms with van der Waals surface area (Å²) in [7, 11) is 0. The average Bonchev–Trinajstić information content (AvgIpc) is 3.15. The molecular weight excluding hydrogens is 640 g/mol. The van der Waals surface area contributed by atoms with Crippen LogP contribution in [0.2, 0.25) is 0 Å². The molecule has 7 nitrogen and oxygen atoms in total. The second-order valence-corrected chi connectivity index (χ2v) is 12.5. The summed E-state index contributed by atoms with van der Waals surface area (Å²) in [6.45, 7) is 5.91. The normalized spacial score (nSPS) is 13.5. The van der Waals surface area contributed by atoms with Gasteiger partial charge >= 0.3 is 5.97 Å². The Kier molecular flexibility index (Phi) is 14.3. The molecule has 51 heavy (non-hydrogen) atoms. The zero-order valence-corrected chi connectivity index (χ0v) is 29.5. The van der Waals surface area contributed by atoms with Crippen LogP contribution in [0.15, 0.2) is 140 Å². The first-order valence-corrected chi connectivity index (χ1v) is 17.2. The number of hydrogen-bond acceptors (Lipinski definition) is 7. The van der Waals surface area contributed by atoms with E-state index in [2.05, 4.69) is 0 Å². The number of ether oxygens (including phenoxy) is 5. The van der Waals surface area contributed by atoms with Gasteiger partial charge in [-0.15, -0.1) is 0 Å². The van der Waals surface area contributed by atoms with Crippen molar-refractivity contribution in [2.75, 3.05) is 6.61 Å². The second kappa shape index (κ2) is 19.5. The minimum atomic E-state index is -1.15. The highest BCUT2D eigenvalue weighted by Gasteiger charge is 2.43. The van der Waals surface area contributed by atoms with Crippen LogP contribution in [0.1, 0.15) is 50.7 Å². The van der Waals surface area contributed by atoms with Gasteiger partial charge in [0.2, 0.25) is 0 Å². The Labute approximate surface area is 301 Å². The Bertz CT molecular complexity index is 1760. The lowest BCUT2D eigenvalue weighted by atomic mass is 9.91. The van der Waals surface area contributed by atoms with E-state index < -0.39 is 30.4 Å². The van der Waals surface area contributed by atoms with E-state index in [9.17, 15) is 9.59 Å². The lowest BCUT2D eigenvalue weighted by Gasteiger charge is -2.37. The summed E-state index contributed by atoms with van der Waals surface area (Å²) in [4.78, 5) is 27.6. The zero-order valence-electron chi connectivity index (χ0n) is 29.5. The van der Waals surface area contributed by atoms with E-state index in [0.29, 0.717) is 5.56 Å². The largest absolute Gasteiger partial charge is 0.457 e. The maximum Gasteiger partial charge on any atom is 0.303 e. The summed E-state index contributed by atoms with van der Waals surface area (Å²) >= 11 is 0. The topological polar surface area (TPSA) is 80.3 Å². The predicted molar refractivity (Wildman–Crippen MR) is 197 cm³/mol. The highest BCUT2D eigenvalue weighted by Crippen LogP contribution is 2.27. The standard InChI is InChI=1S/C44H46O7/c1-32-17-16-18-33(2)40(32)41(46)43(49-29-37-23-12-6-13-24-37)44(50-30-38-25-14-7-15-26-38)42(48-28-36-21-10-5-11-22-36)39(51-34(3)45)31-47-27-35-19-8-4-9-20-35/h4-26,39,42-44H,27-31H2,1-3H3/t39-,42-,43+,44+/m1/s1.